The van der Waals surface area contributed by atoms with Crippen LogP contribution in [0.25, 0.3) is 0 Å². The molecule has 0 saturated carbocycles. The van der Waals surface area contributed by atoms with Crippen molar-refractivity contribution in [2.24, 2.45) is 0 Å². The third kappa shape index (κ3) is 6.16. The molecule has 0 spiro atoms. The van der Waals surface area contributed by atoms with E-state index in [-0.39, 0.29) is 21.5 Å². The summed E-state index contributed by atoms with van der Waals surface area (Å²) in [5, 5.41) is 3.02. The first-order valence-corrected chi connectivity index (χ1v) is 13.0. The van der Waals surface area contributed by atoms with Crippen LogP contribution in [0.4, 0.5) is 15.8 Å². The van der Waals surface area contributed by atoms with E-state index >= 15 is 0 Å². The van der Waals surface area contributed by atoms with Crippen molar-refractivity contribution in [2.75, 3.05) is 48.9 Å². The molecule has 2 N–H and O–H groups in total. The number of nitrogens with zero attached hydrogens (tertiary/aromatic N) is 2. The Balaban J connectivity index is 1.96. The molecule has 0 aliphatic carbocycles. The molecule has 1 amide bonds. The number of sulfonamides is 1. The lowest BCUT2D eigenvalue weighted by Crippen LogP contribution is -2.44. The van der Waals surface area contributed by atoms with Crippen molar-refractivity contribution < 1.29 is 17.6 Å². The van der Waals surface area contributed by atoms with Gasteiger partial charge in [-0.05, 0) is 49.7 Å². The Kier molecular flexibility index (Phi) is 8.56. The summed E-state index contributed by atoms with van der Waals surface area (Å²) >= 11 is 5.76. The topological polar surface area (TPSA) is 81.8 Å². The molecule has 10 heteroatoms. The number of piperazine rings is 1. The van der Waals surface area contributed by atoms with Crippen LogP contribution in [-0.2, 0) is 10.0 Å². The minimum absolute atomic E-state index is 0.134. The Hall–Kier alpha value is -2.36. The number of unbranched alkanes of at least 4 members (excludes halogenated alkanes) is 1. The number of amides is 1. The molecule has 1 heterocycles. The summed E-state index contributed by atoms with van der Waals surface area (Å²) in [7, 11) is -4.02. The molecular weight excluding hydrogens is 467 g/mol. The van der Waals surface area contributed by atoms with Crippen LogP contribution in [0.1, 0.15) is 37.0 Å². The molecule has 2 aromatic carbocycles. The number of benzene rings is 2. The number of carbonyl (C=O) groups is 1. The molecule has 1 saturated heterocycles. The van der Waals surface area contributed by atoms with Gasteiger partial charge in [-0.1, -0.05) is 24.9 Å². The second-order valence-corrected chi connectivity index (χ2v) is 9.98. The minimum Gasteiger partial charge on any atom is -0.368 e. The Morgan fingerprint density at radius 1 is 1.18 bits per heavy atom. The summed E-state index contributed by atoms with van der Waals surface area (Å²) in [6, 6.07) is 8.21. The van der Waals surface area contributed by atoms with Crippen LogP contribution in [0.3, 0.4) is 0 Å². The van der Waals surface area contributed by atoms with E-state index in [1.54, 1.807) is 23.1 Å². The zero-order valence-electron chi connectivity index (χ0n) is 18.9. The van der Waals surface area contributed by atoms with Crippen LogP contribution in [0.2, 0.25) is 5.02 Å². The summed E-state index contributed by atoms with van der Waals surface area (Å²) in [4.78, 5) is 17.2. The number of anilines is 2. The van der Waals surface area contributed by atoms with Gasteiger partial charge in [-0.25, -0.2) is 12.8 Å². The number of nitrogens with one attached hydrogen (secondary N) is 2. The molecule has 1 aliphatic heterocycles. The van der Waals surface area contributed by atoms with Crippen LogP contribution in [0.15, 0.2) is 41.3 Å². The van der Waals surface area contributed by atoms with E-state index < -0.39 is 15.8 Å². The fourth-order valence-electron chi connectivity index (χ4n) is 3.73. The van der Waals surface area contributed by atoms with Crippen molar-refractivity contribution in [1.82, 2.24) is 10.2 Å². The number of rotatable bonds is 9. The van der Waals surface area contributed by atoms with E-state index in [1.165, 1.54) is 0 Å². The molecule has 180 valence electrons. The van der Waals surface area contributed by atoms with Crippen molar-refractivity contribution in [3.63, 3.8) is 0 Å². The van der Waals surface area contributed by atoms with Crippen LogP contribution in [0.5, 0.6) is 0 Å². The van der Waals surface area contributed by atoms with E-state index in [0.29, 0.717) is 18.7 Å². The molecule has 0 bridgehead atoms. The minimum atomic E-state index is -4.02. The first kappa shape index (κ1) is 25.3. The Bertz CT molecular complexity index is 1090. The van der Waals surface area contributed by atoms with Gasteiger partial charge in [-0.2, -0.15) is 0 Å². The molecular formula is C23H30ClFN4O3S. The predicted octanol–water partition coefficient (Wildman–Crippen LogP) is 3.95. The van der Waals surface area contributed by atoms with Gasteiger partial charge in [-0.3, -0.25) is 9.52 Å². The van der Waals surface area contributed by atoms with Crippen LogP contribution < -0.4 is 14.9 Å². The monoisotopic (exact) mass is 496 g/mol. The molecule has 0 aromatic heterocycles. The predicted molar refractivity (Wildman–Crippen MR) is 130 cm³/mol. The molecule has 1 fully saturated rings. The summed E-state index contributed by atoms with van der Waals surface area (Å²) in [5.41, 5.74) is 1.49. The largest absolute Gasteiger partial charge is 0.368 e. The van der Waals surface area contributed by atoms with Crippen molar-refractivity contribution in [3.05, 3.63) is 52.8 Å². The zero-order chi connectivity index (χ0) is 24.0. The summed E-state index contributed by atoms with van der Waals surface area (Å²) < 4.78 is 41.7. The van der Waals surface area contributed by atoms with E-state index in [1.807, 2.05) is 6.92 Å². The lowest BCUT2D eigenvalue weighted by Gasteiger charge is -2.32. The number of carbonyl (C=O) groups excluding carboxylic acids is 1. The zero-order valence-corrected chi connectivity index (χ0v) is 20.5. The average Bonchev–Trinajstić information content (AvgIpc) is 2.81. The van der Waals surface area contributed by atoms with Crippen molar-refractivity contribution in [3.8, 4) is 0 Å². The van der Waals surface area contributed by atoms with Gasteiger partial charge < -0.3 is 15.1 Å². The SMILES string of the molecule is CCCCN(CC)C(=O)c1cc(NS(=O)(=O)c2ccc(F)c(Cl)c2)ccc1N1CCNCC1. The molecule has 0 atom stereocenters. The Morgan fingerprint density at radius 3 is 2.55 bits per heavy atom. The van der Waals surface area contributed by atoms with Gasteiger partial charge in [0.2, 0.25) is 0 Å². The maximum Gasteiger partial charge on any atom is 0.261 e. The van der Waals surface area contributed by atoms with Crippen molar-refractivity contribution >= 4 is 38.9 Å². The highest BCUT2D eigenvalue weighted by Gasteiger charge is 2.24. The van der Waals surface area contributed by atoms with Gasteiger partial charge in [-0.15, -0.1) is 0 Å². The van der Waals surface area contributed by atoms with Gasteiger partial charge in [0.1, 0.15) is 5.82 Å². The third-order valence-electron chi connectivity index (χ3n) is 5.59. The van der Waals surface area contributed by atoms with Gasteiger partial charge in [0.05, 0.1) is 15.5 Å². The van der Waals surface area contributed by atoms with E-state index in [9.17, 15) is 17.6 Å². The molecule has 0 radical (unpaired) electrons. The van der Waals surface area contributed by atoms with Crippen LogP contribution >= 0.6 is 11.6 Å². The number of hydrogen-bond donors (Lipinski definition) is 2. The second kappa shape index (κ2) is 11.2. The average molecular weight is 497 g/mol. The Labute approximate surface area is 200 Å². The summed E-state index contributed by atoms with van der Waals surface area (Å²) in [6.45, 7) is 8.31. The molecule has 7 nitrogen and oxygen atoms in total. The second-order valence-electron chi connectivity index (χ2n) is 7.89. The number of hydrogen-bond acceptors (Lipinski definition) is 5. The third-order valence-corrected chi connectivity index (χ3v) is 7.26. The first-order chi connectivity index (χ1) is 15.8. The molecule has 33 heavy (non-hydrogen) atoms. The lowest BCUT2D eigenvalue weighted by atomic mass is 10.1. The highest BCUT2D eigenvalue weighted by Crippen LogP contribution is 2.28. The van der Waals surface area contributed by atoms with Crippen molar-refractivity contribution in [1.29, 1.82) is 0 Å². The van der Waals surface area contributed by atoms with Gasteiger partial charge in [0, 0.05) is 50.6 Å². The maximum absolute atomic E-state index is 13.5. The van der Waals surface area contributed by atoms with Crippen molar-refractivity contribution in [2.45, 2.75) is 31.6 Å². The Morgan fingerprint density at radius 2 is 1.91 bits per heavy atom. The number of halogens is 2. The maximum atomic E-state index is 13.5. The van der Waals surface area contributed by atoms with Gasteiger partial charge in [0.15, 0.2) is 0 Å². The van der Waals surface area contributed by atoms with E-state index in [2.05, 4.69) is 21.9 Å². The lowest BCUT2D eigenvalue weighted by molar-refractivity contribution is 0.0763. The smallest absolute Gasteiger partial charge is 0.261 e. The fraction of sp³-hybridized carbons (Fsp3) is 0.435. The summed E-state index contributed by atoms with van der Waals surface area (Å²) in [5.74, 6) is -0.832. The van der Waals surface area contributed by atoms with Crippen LogP contribution in [0, 0.1) is 5.82 Å². The van der Waals surface area contributed by atoms with E-state index in [4.69, 9.17) is 11.6 Å². The molecule has 0 unspecified atom stereocenters. The standard InChI is InChI=1S/C23H30ClFN4O3S/c1-3-5-12-28(4-2)23(30)19-15-17(6-9-22(19)29-13-10-26-11-14-29)27-33(31,32)18-7-8-21(25)20(24)16-18/h6-9,15-16,26-27H,3-5,10-14H2,1-2H3. The molecule has 2 aromatic rings. The van der Waals surface area contributed by atoms with Crippen LogP contribution in [-0.4, -0.2) is 58.5 Å². The summed E-state index contributed by atoms with van der Waals surface area (Å²) in [6.07, 6.45) is 1.86. The first-order valence-electron chi connectivity index (χ1n) is 11.1. The normalized spacial score (nSPS) is 14.2. The highest BCUT2D eigenvalue weighted by atomic mass is 35.5. The quantitative estimate of drug-likeness (QED) is 0.549. The fourth-order valence-corrected chi connectivity index (χ4v) is 5.05. The molecule has 3 rings (SSSR count). The van der Waals surface area contributed by atoms with Gasteiger partial charge >= 0.3 is 0 Å². The van der Waals surface area contributed by atoms with Gasteiger partial charge in [0.25, 0.3) is 15.9 Å². The molecule has 1 aliphatic rings. The highest BCUT2D eigenvalue weighted by molar-refractivity contribution is 7.92. The van der Waals surface area contributed by atoms with E-state index in [0.717, 1.165) is 62.9 Å².